The van der Waals surface area contributed by atoms with Crippen molar-refractivity contribution in [3.63, 3.8) is 0 Å². The molecule has 0 saturated heterocycles. The first-order valence-corrected chi connectivity index (χ1v) is 6.73. The second-order valence-electron chi connectivity index (χ2n) is 3.39. The lowest BCUT2D eigenvalue weighted by molar-refractivity contribution is 0.706. The average Bonchev–Trinajstić information content (AvgIpc) is 1.78. The topological polar surface area (TPSA) is 0 Å². The third kappa shape index (κ3) is 8.41. The minimum absolute atomic E-state index is 0.705. The fraction of sp³-hybridized carbons (Fsp3) is 1.00. The van der Waals surface area contributed by atoms with Gasteiger partial charge in [0.2, 0.25) is 0 Å². The molecule has 0 aromatic heterocycles. The SMILES string of the molecule is [B]S(C)(C)CCCCCC. The highest BCUT2D eigenvalue weighted by Gasteiger charge is 2.01. The minimum atomic E-state index is -0.705. The van der Waals surface area contributed by atoms with Gasteiger partial charge in [-0.3, -0.25) is 9.88 Å². The van der Waals surface area contributed by atoms with Crippen molar-refractivity contribution < 1.29 is 0 Å². The van der Waals surface area contributed by atoms with E-state index in [0.29, 0.717) is 0 Å². The quantitative estimate of drug-likeness (QED) is 0.426. The third-order valence-electron chi connectivity index (χ3n) is 1.52. The molecule has 0 amide bonds. The van der Waals surface area contributed by atoms with E-state index < -0.39 is 9.88 Å². The Morgan fingerprint density at radius 3 is 2.10 bits per heavy atom. The lowest BCUT2D eigenvalue weighted by Gasteiger charge is -2.25. The third-order valence-corrected chi connectivity index (χ3v) is 2.86. The van der Waals surface area contributed by atoms with Crippen LogP contribution in [0, 0.1) is 0 Å². The Kier molecular flexibility index (Phi) is 5.33. The summed E-state index contributed by atoms with van der Waals surface area (Å²) >= 11 is 0. The van der Waals surface area contributed by atoms with Gasteiger partial charge < -0.3 is 0 Å². The van der Waals surface area contributed by atoms with Crippen LogP contribution in [0.5, 0.6) is 0 Å². The monoisotopic (exact) mass is 158 g/mol. The minimum Gasteiger partial charge on any atom is -0.289 e. The summed E-state index contributed by atoms with van der Waals surface area (Å²) in [5.41, 5.74) is 0. The van der Waals surface area contributed by atoms with Crippen LogP contribution in [0.15, 0.2) is 0 Å². The molecule has 0 fully saturated rings. The Labute approximate surface area is 68.4 Å². The Balaban J connectivity index is 3.04. The molecule has 0 aromatic rings. The van der Waals surface area contributed by atoms with Gasteiger partial charge in [-0.25, -0.2) is 0 Å². The predicted molar refractivity (Wildman–Crippen MR) is 54.2 cm³/mol. The van der Waals surface area contributed by atoms with Crippen LogP contribution in [0.4, 0.5) is 0 Å². The zero-order valence-corrected chi connectivity index (χ0v) is 8.34. The van der Waals surface area contributed by atoms with Crippen molar-refractivity contribution in [3.05, 3.63) is 0 Å². The summed E-state index contributed by atoms with van der Waals surface area (Å²) in [6.07, 6.45) is 9.74. The van der Waals surface area contributed by atoms with E-state index in [1.165, 1.54) is 31.4 Å². The maximum atomic E-state index is 5.90. The largest absolute Gasteiger partial charge is 0.289 e. The Morgan fingerprint density at radius 2 is 1.70 bits per heavy atom. The molecule has 0 aromatic carbocycles. The smallest absolute Gasteiger partial charge is 0.137 e. The molecule has 0 unspecified atom stereocenters. The Morgan fingerprint density at radius 1 is 1.10 bits per heavy atom. The molecule has 0 aliphatic heterocycles. The van der Waals surface area contributed by atoms with Crippen LogP contribution >= 0.6 is 9.88 Å². The summed E-state index contributed by atoms with van der Waals surface area (Å²) < 4.78 is 0. The summed E-state index contributed by atoms with van der Waals surface area (Å²) in [4.78, 5) is 0. The normalized spacial score (nSPS) is 13.5. The molecule has 0 N–H and O–H groups in total. The van der Waals surface area contributed by atoms with Crippen molar-refractivity contribution in [2.24, 2.45) is 0 Å². The first-order valence-electron chi connectivity index (χ1n) is 4.05. The highest BCUT2D eigenvalue weighted by Crippen LogP contribution is 2.34. The van der Waals surface area contributed by atoms with Gasteiger partial charge in [0.05, 0.1) is 0 Å². The first kappa shape index (κ1) is 10.4. The fourth-order valence-electron chi connectivity index (χ4n) is 0.901. The van der Waals surface area contributed by atoms with E-state index >= 15 is 0 Å². The number of rotatable bonds is 5. The molecule has 0 aliphatic rings. The van der Waals surface area contributed by atoms with E-state index in [-0.39, 0.29) is 0 Å². The van der Waals surface area contributed by atoms with Crippen molar-refractivity contribution in [1.29, 1.82) is 0 Å². The molecule has 0 saturated carbocycles. The number of hydrogen-bond acceptors (Lipinski definition) is 0. The molecular formula is C8H19BS. The van der Waals surface area contributed by atoms with Crippen molar-refractivity contribution >= 4 is 17.0 Å². The Bertz CT molecular complexity index is 75.8. The molecule has 0 atom stereocenters. The van der Waals surface area contributed by atoms with Crippen molar-refractivity contribution in [2.45, 2.75) is 32.6 Å². The zero-order valence-electron chi connectivity index (χ0n) is 7.52. The van der Waals surface area contributed by atoms with E-state index in [1.54, 1.807) is 0 Å². The molecule has 60 valence electrons. The molecule has 0 nitrogen and oxygen atoms in total. The summed E-state index contributed by atoms with van der Waals surface area (Å²) in [5, 5.41) is 0. The summed E-state index contributed by atoms with van der Waals surface area (Å²) in [6, 6.07) is 0. The van der Waals surface area contributed by atoms with E-state index in [9.17, 15) is 0 Å². The summed E-state index contributed by atoms with van der Waals surface area (Å²) in [5.74, 6) is 1.24. The molecule has 2 heteroatoms. The standard InChI is InChI=1S/C8H19BS/c1-4-5-6-7-8-10(2,3)9/h4-8H2,1-3H3. The van der Waals surface area contributed by atoms with Crippen LogP contribution in [0.1, 0.15) is 32.6 Å². The zero-order chi connectivity index (χ0) is 8.04. The first-order chi connectivity index (χ1) is 4.56. The number of hydrogen-bond donors (Lipinski definition) is 0. The molecule has 0 heterocycles. The van der Waals surface area contributed by atoms with Gasteiger partial charge in [0, 0.05) is 0 Å². The van der Waals surface area contributed by atoms with Gasteiger partial charge in [0.25, 0.3) is 0 Å². The summed E-state index contributed by atoms with van der Waals surface area (Å²) in [6.45, 7) is 2.24. The van der Waals surface area contributed by atoms with Crippen molar-refractivity contribution in [1.82, 2.24) is 0 Å². The van der Waals surface area contributed by atoms with Gasteiger partial charge in [-0.05, 0) is 24.7 Å². The second kappa shape index (κ2) is 5.12. The lowest BCUT2D eigenvalue weighted by Crippen LogP contribution is -1.99. The van der Waals surface area contributed by atoms with E-state index in [4.69, 9.17) is 7.12 Å². The maximum absolute atomic E-state index is 5.90. The van der Waals surface area contributed by atoms with E-state index in [1.807, 2.05) is 0 Å². The highest BCUT2D eigenvalue weighted by molar-refractivity contribution is 8.49. The van der Waals surface area contributed by atoms with Crippen LogP contribution in [0.3, 0.4) is 0 Å². The van der Waals surface area contributed by atoms with Crippen LogP contribution in [-0.2, 0) is 0 Å². The molecule has 0 bridgehead atoms. The summed E-state index contributed by atoms with van der Waals surface area (Å²) in [7, 11) is 5.20. The Hall–Kier alpha value is 0.415. The average molecular weight is 158 g/mol. The maximum Gasteiger partial charge on any atom is 0.137 e. The van der Waals surface area contributed by atoms with Gasteiger partial charge in [-0.2, -0.15) is 0 Å². The second-order valence-corrected chi connectivity index (χ2v) is 7.04. The van der Waals surface area contributed by atoms with Crippen LogP contribution in [-0.4, -0.2) is 25.4 Å². The van der Waals surface area contributed by atoms with Gasteiger partial charge in [0.1, 0.15) is 7.12 Å². The molecule has 2 radical (unpaired) electrons. The van der Waals surface area contributed by atoms with Gasteiger partial charge in [0.15, 0.2) is 0 Å². The molecule has 0 rings (SSSR count). The lowest BCUT2D eigenvalue weighted by atomic mass is 10.2. The van der Waals surface area contributed by atoms with Gasteiger partial charge in [-0.15, -0.1) is 0 Å². The number of unbranched alkanes of at least 4 members (excludes halogenated alkanes) is 3. The molecule has 10 heavy (non-hydrogen) atoms. The fourth-order valence-corrected chi connectivity index (χ4v) is 1.85. The van der Waals surface area contributed by atoms with E-state index in [2.05, 4.69) is 19.4 Å². The van der Waals surface area contributed by atoms with Gasteiger partial charge in [-0.1, -0.05) is 26.2 Å². The van der Waals surface area contributed by atoms with Crippen LogP contribution in [0.2, 0.25) is 0 Å². The molecular weight excluding hydrogens is 139 g/mol. The molecule has 0 aliphatic carbocycles. The van der Waals surface area contributed by atoms with Crippen LogP contribution in [0.25, 0.3) is 0 Å². The van der Waals surface area contributed by atoms with Crippen LogP contribution < -0.4 is 0 Å². The van der Waals surface area contributed by atoms with Crippen molar-refractivity contribution in [3.8, 4) is 0 Å². The predicted octanol–water partition coefficient (Wildman–Crippen LogP) is 2.71. The van der Waals surface area contributed by atoms with Crippen molar-refractivity contribution in [2.75, 3.05) is 18.3 Å². The molecule has 0 spiro atoms. The van der Waals surface area contributed by atoms with Gasteiger partial charge >= 0.3 is 0 Å². The van der Waals surface area contributed by atoms with E-state index in [0.717, 1.165) is 0 Å². The highest BCUT2D eigenvalue weighted by atomic mass is 32.3.